The number of hydrogen-bond acceptors (Lipinski definition) is 8. The highest BCUT2D eigenvalue weighted by molar-refractivity contribution is 8.26. The molecule has 1 aliphatic rings. The van der Waals surface area contributed by atoms with Crippen molar-refractivity contribution in [3.8, 4) is 11.5 Å². The van der Waals surface area contributed by atoms with Crippen LogP contribution in [-0.2, 0) is 16.2 Å². The van der Waals surface area contributed by atoms with Gasteiger partial charge in [0.05, 0.1) is 12.0 Å². The lowest BCUT2D eigenvalue weighted by Crippen LogP contribution is -2.33. The molecule has 1 fully saturated rings. The van der Waals surface area contributed by atoms with Crippen LogP contribution in [0.15, 0.2) is 23.4 Å². The molecule has 0 atom stereocenters. The number of carboxylic acid groups (broad SMARTS) is 1. The minimum absolute atomic E-state index is 0.0412. The summed E-state index contributed by atoms with van der Waals surface area (Å²) in [6.07, 6.45) is 2.71. The maximum atomic E-state index is 14.5. The monoisotopic (exact) mass is 424 g/mol. The summed E-state index contributed by atoms with van der Waals surface area (Å²) < 4.78 is 25.2. The van der Waals surface area contributed by atoms with Gasteiger partial charge in [-0.2, -0.15) is 5.10 Å². The molecule has 3 rings (SSSR count). The number of nitrogens with zero attached hydrogens (tertiary/aromatic N) is 3. The molecule has 28 heavy (non-hydrogen) atoms. The number of benzene rings is 1. The predicted octanol–water partition coefficient (Wildman–Crippen LogP) is 1.82. The minimum atomic E-state index is -1.18. The molecule has 0 unspecified atom stereocenters. The fourth-order valence-electron chi connectivity index (χ4n) is 2.33. The molecule has 0 radical (unpaired) electrons. The summed E-state index contributed by atoms with van der Waals surface area (Å²) in [6, 6.07) is 2.66. The number of carbonyl (C=O) groups excluding carboxylic acids is 1. The fourth-order valence-corrected chi connectivity index (χ4v) is 3.58. The molecule has 146 valence electrons. The number of hydrogen-bond donors (Lipinski definition) is 2. The van der Waals surface area contributed by atoms with E-state index in [1.165, 1.54) is 31.6 Å². The number of thiocarbonyl (C=S) groups is 1. The highest BCUT2D eigenvalue weighted by atomic mass is 32.2. The molecule has 1 amide bonds. The predicted molar refractivity (Wildman–Crippen MR) is 101 cm³/mol. The largest absolute Gasteiger partial charge is 0.493 e. The number of H-pyrrole nitrogens is 1. The molecular formula is C16H13FN4O5S2. The van der Waals surface area contributed by atoms with E-state index in [4.69, 9.17) is 26.8 Å². The molecule has 2 aromatic rings. The van der Waals surface area contributed by atoms with Crippen molar-refractivity contribution in [2.45, 2.75) is 6.61 Å². The first-order chi connectivity index (χ1) is 13.4. The lowest BCUT2D eigenvalue weighted by Gasteiger charge is -2.12. The first kappa shape index (κ1) is 19.8. The number of rotatable bonds is 7. The van der Waals surface area contributed by atoms with Gasteiger partial charge in [0.1, 0.15) is 23.8 Å². The van der Waals surface area contributed by atoms with Crippen molar-refractivity contribution in [2.24, 2.45) is 0 Å². The molecule has 1 saturated heterocycles. The van der Waals surface area contributed by atoms with E-state index in [0.29, 0.717) is 11.4 Å². The Kier molecular flexibility index (Phi) is 5.90. The summed E-state index contributed by atoms with van der Waals surface area (Å²) in [5.41, 5.74) is 0.331. The average Bonchev–Trinajstić information content (AvgIpc) is 3.24. The van der Waals surface area contributed by atoms with Gasteiger partial charge in [0, 0.05) is 0 Å². The Morgan fingerprint density at radius 1 is 1.50 bits per heavy atom. The average molecular weight is 424 g/mol. The van der Waals surface area contributed by atoms with Gasteiger partial charge in [0.15, 0.2) is 23.1 Å². The molecule has 1 aromatic heterocycles. The van der Waals surface area contributed by atoms with Gasteiger partial charge in [0.25, 0.3) is 5.91 Å². The number of aromatic nitrogens is 3. The third kappa shape index (κ3) is 4.28. The Hall–Kier alpha value is -2.99. The number of methoxy groups -OCH3 is 1. The van der Waals surface area contributed by atoms with Crippen LogP contribution in [0.4, 0.5) is 4.39 Å². The van der Waals surface area contributed by atoms with E-state index in [1.54, 1.807) is 0 Å². The van der Waals surface area contributed by atoms with Crippen LogP contribution in [-0.4, -0.2) is 55.0 Å². The van der Waals surface area contributed by atoms with Gasteiger partial charge in [-0.05, 0) is 23.8 Å². The molecule has 9 nitrogen and oxygen atoms in total. The topological polar surface area (TPSA) is 118 Å². The summed E-state index contributed by atoms with van der Waals surface area (Å²) in [5, 5.41) is 15.1. The zero-order valence-electron chi connectivity index (χ0n) is 14.3. The molecule has 2 heterocycles. The van der Waals surface area contributed by atoms with E-state index >= 15 is 0 Å². The second kappa shape index (κ2) is 8.35. The van der Waals surface area contributed by atoms with Gasteiger partial charge in [-0.15, -0.1) is 0 Å². The quantitative estimate of drug-likeness (QED) is 0.507. The van der Waals surface area contributed by atoms with Crippen LogP contribution in [0.5, 0.6) is 11.5 Å². The van der Waals surface area contributed by atoms with Crippen molar-refractivity contribution in [2.75, 3.05) is 13.7 Å². The van der Waals surface area contributed by atoms with Crippen LogP contribution in [0.2, 0.25) is 0 Å². The zero-order valence-corrected chi connectivity index (χ0v) is 16.0. The first-order valence-corrected chi connectivity index (χ1v) is 8.93. The van der Waals surface area contributed by atoms with Crippen molar-refractivity contribution in [3.63, 3.8) is 0 Å². The molecule has 0 spiro atoms. The highest BCUT2D eigenvalue weighted by Gasteiger charge is 2.33. The molecule has 0 bridgehead atoms. The van der Waals surface area contributed by atoms with Crippen LogP contribution in [0.25, 0.3) is 6.08 Å². The van der Waals surface area contributed by atoms with E-state index in [1.807, 2.05) is 0 Å². The number of aromatic amines is 1. The summed E-state index contributed by atoms with van der Waals surface area (Å²) >= 11 is 5.97. The molecule has 1 aliphatic heterocycles. The van der Waals surface area contributed by atoms with E-state index in [0.717, 1.165) is 16.7 Å². The van der Waals surface area contributed by atoms with Gasteiger partial charge in [-0.3, -0.25) is 19.6 Å². The second-order valence-corrected chi connectivity index (χ2v) is 7.09. The van der Waals surface area contributed by atoms with Gasteiger partial charge in [-0.25, -0.2) is 9.37 Å². The number of ether oxygens (including phenoxy) is 2. The summed E-state index contributed by atoms with van der Waals surface area (Å²) in [4.78, 5) is 28.2. The Balaban J connectivity index is 1.84. The number of nitrogens with one attached hydrogen (secondary N) is 1. The second-order valence-electron chi connectivity index (χ2n) is 5.42. The molecular weight excluding hydrogens is 411 g/mol. The summed E-state index contributed by atoms with van der Waals surface area (Å²) in [6.45, 7) is -0.575. The van der Waals surface area contributed by atoms with Gasteiger partial charge in [0.2, 0.25) is 0 Å². The van der Waals surface area contributed by atoms with Crippen LogP contribution < -0.4 is 9.47 Å². The van der Waals surface area contributed by atoms with E-state index in [2.05, 4.69) is 15.2 Å². The number of carboxylic acids is 1. The minimum Gasteiger partial charge on any atom is -0.493 e. The third-order valence-electron chi connectivity index (χ3n) is 3.53. The highest BCUT2D eigenvalue weighted by Crippen LogP contribution is 2.36. The van der Waals surface area contributed by atoms with Crippen molar-refractivity contribution in [1.29, 1.82) is 0 Å². The maximum absolute atomic E-state index is 14.5. The third-order valence-corrected chi connectivity index (χ3v) is 4.91. The fraction of sp³-hybridized carbons (Fsp3) is 0.188. The van der Waals surface area contributed by atoms with Crippen LogP contribution in [0.3, 0.4) is 0 Å². The molecule has 0 aliphatic carbocycles. The zero-order chi connectivity index (χ0) is 20.3. The normalized spacial score (nSPS) is 15.4. The summed E-state index contributed by atoms with van der Waals surface area (Å²) in [5.74, 6) is -2.03. The standard InChI is InChI=1S/C16H13FN4O5S2/c1-25-10-3-8(2-9(17)14(10)26-6-12-18-7-19-20-12)4-11-15(24)21(5-13(22)23)16(27)28-11/h2-4,7H,5-6H2,1H3,(H,22,23)(H,18,19,20)/b11-4-. The number of thioether (sulfide) groups is 1. The SMILES string of the molecule is COc1cc(/C=C2\SC(=S)N(CC(=O)O)C2=O)cc(F)c1OCc1ncn[nH]1. The van der Waals surface area contributed by atoms with Crippen molar-refractivity contribution in [3.05, 3.63) is 40.6 Å². The number of halogens is 1. The van der Waals surface area contributed by atoms with Crippen molar-refractivity contribution in [1.82, 2.24) is 20.1 Å². The number of aliphatic carboxylic acids is 1. The van der Waals surface area contributed by atoms with Crippen LogP contribution in [0, 0.1) is 5.82 Å². The van der Waals surface area contributed by atoms with Crippen LogP contribution in [0.1, 0.15) is 11.4 Å². The van der Waals surface area contributed by atoms with Crippen LogP contribution >= 0.6 is 24.0 Å². The number of carbonyl (C=O) groups is 2. The van der Waals surface area contributed by atoms with E-state index in [-0.39, 0.29) is 27.3 Å². The lowest BCUT2D eigenvalue weighted by molar-refractivity contribution is -0.140. The van der Waals surface area contributed by atoms with E-state index in [9.17, 15) is 14.0 Å². The lowest BCUT2D eigenvalue weighted by atomic mass is 10.1. The number of amides is 1. The maximum Gasteiger partial charge on any atom is 0.323 e. The molecule has 1 aromatic carbocycles. The summed E-state index contributed by atoms with van der Waals surface area (Å²) in [7, 11) is 1.35. The Labute approximate surface area is 167 Å². The van der Waals surface area contributed by atoms with Gasteiger partial charge >= 0.3 is 5.97 Å². The Morgan fingerprint density at radius 2 is 2.29 bits per heavy atom. The molecule has 2 N–H and O–H groups in total. The van der Waals surface area contributed by atoms with Crippen molar-refractivity contribution >= 4 is 46.3 Å². The Morgan fingerprint density at radius 3 is 2.93 bits per heavy atom. The van der Waals surface area contributed by atoms with Gasteiger partial charge in [-0.1, -0.05) is 24.0 Å². The molecule has 12 heteroatoms. The van der Waals surface area contributed by atoms with Crippen molar-refractivity contribution < 1.29 is 28.6 Å². The Bertz CT molecular complexity index is 964. The van der Waals surface area contributed by atoms with Gasteiger partial charge < -0.3 is 14.6 Å². The first-order valence-electron chi connectivity index (χ1n) is 7.70. The smallest absolute Gasteiger partial charge is 0.323 e. The molecule has 0 saturated carbocycles. The van der Waals surface area contributed by atoms with E-state index < -0.39 is 24.2 Å².